The molecule has 0 amide bonds. The Labute approximate surface area is 75.6 Å². The van der Waals surface area contributed by atoms with Gasteiger partial charge in [-0.05, 0) is 18.6 Å². The number of rotatable bonds is 1. The second kappa shape index (κ2) is 2.90. The van der Waals surface area contributed by atoms with Crippen molar-refractivity contribution in [3.05, 3.63) is 17.7 Å². The summed E-state index contributed by atoms with van der Waals surface area (Å²) in [7, 11) is -4.46. The van der Waals surface area contributed by atoms with E-state index in [4.69, 9.17) is 15.4 Å². The molecule has 6 heteroatoms. The Bertz CT molecular complexity index is 438. The first kappa shape index (κ1) is 9.82. The summed E-state index contributed by atoms with van der Waals surface area (Å²) in [5.74, 6) is -0.550. The Balaban J connectivity index is 3.62. The predicted octanol–water partition coefficient (Wildman–Crippen LogP) is 0.530. The van der Waals surface area contributed by atoms with Crippen LogP contribution in [0.25, 0.3) is 0 Å². The molecule has 0 aromatic heterocycles. The van der Waals surface area contributed by atoms with Gasteiger partial charge in [-0.3, -0.25) is 4.55 Å². The molecule has 13 heavy (non-hydrogen) atoms. The molecule has 0 heterocycles. The van der Waals surface area contributed by atoms with Gasteiger partial charge in [0, 0.05) is 0 Å². The molecule has 1 aromatic carbocycles. The molecule has 0 bridgehead atoms. The third kappa shape index (κ3) is 1.73. The van der Waals surface area contributed by atoms with Gasteiger partial charge in [0.25, 0.3) is 10.1 Å². The molecule has 1 aromatic rings. The van der Waals surface area contributed by atoms with Crippen LogP contribution in [0.1, 0.15) is 5.56 Å². The number of aryl methyl sites for hydroxylation is 1. The Hall–Kier alpha value is -1.27. The standard InChI is InChI=1S/C7H9NO4S/c1-4-2-3-5(9)7(6(4)8)13(10,11)12/h2-3,9H,8H2,1H3,(H,10,11,12). The molecule has 72 valence electrons. The third-order valence-corrected chi connectivity index (χ3v) is 2.60. The van der Waals surface area contributed by atoms with Crippen LogP contribution < -0.4 is 5.73 Å². The first-order valence-electron chi connectivity index (χ1n) is 3.39. The van der Waals surface area contributed by atoms with Gasteiger partial charge < -0.3 is 10.8 Å². The first-order chi connectivity index (χ1) is 5.84. The lowest BCUT2D eigenvalue weighted by Gasteiger charge is -2.06. The van der Waals surface area contributed by atoms with E-state index in [1.807, 2.05) is 0 Å². The highest BCUT2D eigenvalue weighted by molar-refractivity contribution is 7.86. The molecule has 0 aliphatic heterocycles. The lowest BCUT2D eigenvalue weighted by Crippen LogP contribution is -2.04. The number of nitrogen functional groups attached to an aromatic ring is 1. The molecule has 0 spiro atoms. The smallest absolute Gasteiger partial charge is 0.300 e. The van der Waals surface area contributed by atoms with Crippen molar-refractivity contribution in [3.63, 3.8) is 0 Å². The molecule has 1 rings (SSSR count). The molecular formula is C7H9NO4S. The van der Waals surface area contributed by atoms with Gasteiger partial charge in [0.2, 0.25) is 0 Å². The number of hydrogen-bond donors (Lipinski definition) is 3. The first-order valence-corrected chi connectivity index (χ1v) is 4.83. The number of phenolic OH excluding ortho intramolecular Hbond substituents is 1. The van der Waals surface area contributed by atoms with Crippen LogP contribution in [-0.2, 0) is 10.1 Å². The maximum atomic E-state index is 10.7. The van der Waals surface area contributed by atoms with Crippen molar-refractivity contribution in [3.8, 4) is 5.75 Å². The second-order valence-electron chi connectivity index (χ2n) is 2.62. The van der Waals surface area contributed by atoms with E-state index in [1.165, 1.54) is 6.07 Å². The van der Waals surface area contributed by atoms with E-state index in [1.54, 1.807) is 6.92 Å². The minimum Gasteiger partial charge on any atom is -0.506 e. The molecule has 5 nitrogen and oxygen atoms in total. The number of hydrogen-bond acceptors (Lipinski definition) is 4. The molecule has 0 atom stereocenters. The summed E-state index contributed by atoms with van der Waals surface area (Å²) >= 11 is 0. The van der Waals surface area contributed by atoms with Gasteiger partial charge in [0.05, 0.1) is 5.69 Å². The van der Waals surface area contributed by atoms with E-state index in [2.05, 4.69) is 0 Å². The topological polar surface area (TPSA) is 101 Å². The summed E-state index contributed by atoms with van der Waals surface area (Å²) in [6.45, 7) is 1.57. The highest BCUT2D eigenvalue weighted by Crippen LogP contribution is 2.30. The van der Waals surface area contributed by atoms with Crippen molar-refractivity contribution in [1.82, 2.24) is 0 Å². The van der Waals surface area contributed by atoms with Gasteiger partial charge in [-0.15, -0.1) is 0 Å². The minimum absolute atomic E-state index is 0.137. The fourth-order valence-electron chi connectivity index (χ4n) is 0.958. The quantitative estimate of drug-likeness (QED) is 0.456. The fraction of sp³-hybridized carbons (Fsp3) is 0.143. The summed E-state index contributed by atoms with van der Waals surface area (Å²) < 4.78 is 30.2. The zero-order valence-corrected chi connectivity index (χ0v) is 7.67. The lowest BCUT2D eigenvalue weighted by atomic mass is 10.2. The number of phenols is 1. The van der Waals surface area contributed by atoms with E-state index in [0.29, 0.717) is 5.56 Å². The van der Waals surface area contributed by atoms with Crippen LogP contribution in [0.5, 0.6) is 5.75 Å². The fourth-order valence-corrected chi connectivity index (χ4v) is 1.73. The molecular weight excluding hydrogens is 194 g/mol. The summed E-state index contributed by atoms with van der Waals surface area (Å²) in [6.07, 6.45) is 0. The average Bonchev–Trinajstić information content (AvgIpc) is 1.95. The van der Waals surface area contributed by atoms with Gasteiger partial charge in [-0.1, -0.05) is 6.07 Å². The Morgan fingerprint density at radius 1 is 1.38 bits per heavy atom. The number of anilines is 1. The Kier molecular flexibility index (Phi) is 2.19. The third-order valence-electron chi connectivity index (χ3n) is 1.65. The summed E-state index contributed by atoms with van der Waals surface area (Å²) in [5.41, 5.74) is 5.71. The van der Waals surface area contributed by atoms with Crippen molar-refractivity contribution in [2.75, 3.05) is 5.73 Å². The van der Waals surface area contributed by atoms with Gasteiger partial charge in [-0.2, -0.15) is 8.42 Å². The van der Waals surface area contributed by atoms with Gasteiger partial charge in [-0.25, -0.2) is 0 Å². The van der Waals surface area contributed by atoms with Crippen LogP contribution in [0.4, 0.5) is 5.69 Å². The molecule has 0 aliphatic carbocycles. The van der Waals surface area contributed by atoms with Crippen molar-refractivity contribution < 1.29 is 18.1 Å². The molecule has 0 saturated carbocycles. The molecule has 0 unspecified atom stereocenters. The van der Waals surface area contributed by atoms with Gasteiger partial charge in [0.15, 0.2) is 4.90 Å². The van der Waals surface area contributed by atoms with Crippen molar-refractivity contribution in [1.29, 1.82) is 0 Å². The lowest BCUT2D eigenvalue weighted by molar-refractivity contribution is 0.444. The highest BCUT2D eigenvalue weighted by atomic mass is 32.2. The highest BCUT2D eigenvalue weighted by Gasteiger charge is 2.20. The Morgan fingerprint density at radius 2 is 1.92 bits per heavy atom. The van der Waals surface area contributed by atoms with E-state index < -0.39 is 20.8 Å². The normalized spacial score (nSPS) is 11.5. The van der Waals surface area contributed by atoms with Gasteiger partial charge in [0.1, 0.15) is 5.75 Å². The monoisotopic (exact) mass is 203 g/mol. The molecule has 0 saturated heterocycles. The predicted molar refractivity (Wildman–Crippen MR) is 47.1 cm³/mol. The van der Waals surface area contributed by atoms with Crippen LogP contribution >= 0.6 is 0 Å². The Morgan fingerprint density at radius 3 is 2.31 bits per heavy atom. The molecule has 0 fully saturated rings. The SMILES string of the molecule is Cc1ccc(O)c(S(=O)(=O)O)c1N. The van der Waals surface area contributed by atoms with Gasteiger partial charge >= 0.3 is 0 Å². The van der Waals surface area contributed by atoms with E-state index >= 15 is 0 Å². The second-order valence-corrected chi connectivity index (χ2v) is 3.98. The average molecular weight is 203 g/mol. The van der Waals surface area contributed by atoms with Crippen molar-refractivity contribution >= 4 is 15.8 Å². The maximum absolute atomic E-state index is 10.7. The summed E-state index contributed by atoms with van der Waals surface area (Å²) in [5, 5.41) is 9.13. The van der Waals surface area contributed by atoms with Crippen LogP contribution in [0.2, 0.25) is 0 Å². The zero-order chi connectivity index (χ0) is 10.2. The van der Waals surface area contributed by atoms with Crippen LogP contribution in [-0.4, -0.2) is 18.1 Å². The van der Waals surface area contributed by atoms with Crippen molar-refractivity contribution in [2.45, 2.75) is 11.8 Å². The summed E-state index contributed by atoms with van der Waals surface area (Å²) in [4.78, 5) is -0.632. The maximum Gasteiger partial charge on any atom is 0.300 e. The number of nitrogens with two attached hydrogens (primary N) is 1. The number of benzene rings is 1. The van der Waals surface area contributed by atoms with Crippen molar-refractivity contribution in [2.24, 2.45) is 0 Å². The minimum atomic E-state index is -4.46. The summed E-state index contributed by atoms with van der Waals surface area (Å²) in [6, 6.07) is 2.62. The van der Waals surface area contributed by atoms with E-state index in [9.17, 15) is 8.42 Å². The number of aromatic hydroxyl groups is 1. The van der Waals surface area contributed by atoms with Crippen LogP contribution in [0.3, 0.4) is 0 Å². The van der Waals surface area contributed by atoms with Crippen LogP contribution in [0, 0.1) is 6.92 Å². The molecule has 0 radical (unpaired) electrons. The zero-order valence-electron chi connectivity index (χ0n) is 6.85. The molecule has 4 N–H and O–H groups in total. The molecule has 0 aliphatic rings. The van der Waals surface area contributed by atoms with E-state index in [-0.39, 0.29) is 5.69 Å². The largest absolute Gasteiger partial charge is 0.506 e. The van der Waals surface area contributed by atoms with Crippen LogP contribution in [0.15, 0.2) is 17.0 Å². The van der Waals surface area contributed by atoms with E-state index in [0.717, 1.165) is 6.07 Å².